The lowest BCUT2D eigenvalue weighted by Crippen LogP contribution is -2.22. The molecule has 0 radical (unpaired) electrons. The molecule has 8 nitrogen and oxygen atoms in total. The number of phenolic OH excluding ortho intramolecular Hbond substituents is 1. The second-order valence-electron chi connectivity index (χ2n) is 6.09. The first-order valence-electron chi connectivity index (χ1n) is 7.90. The van der Waals surface area contributed by atoms with Crippen LogP contribution in [-0.2, 0) is 6.42 Å². The number of aliphatic hydroxyl groups is 1. The number of aliphatic hydroxyl groups excluding tert-OH is 1. The SMILES string of the molecule is Cc1c(O)cc([C@H]2Oc3cc(N=O)cc(N=O)c3CC[C@@H]2O)cc1C#N. The van der Waals surface area contributed by atoms with Crippen molar-refractivity contribution in [1.29, 1.82) is 5.26 Å². The highest BCUT2D eigenvalue weighted by Crippen LogP contribution is 2.42. The smallest absolute Gasteiger partial charge is 0.150 e. The topological polar surface area (TPSA) is 132 Å². The zero-order chi connectivity index (χ0) is 18.8. The number of nitroso groups, excluding NO2 is 2. The van der Waals surface area contributed by atoms with E-state index < -0.39 is 12.2 Å². The van der Waals surface area contributed by atoms with Crippen LogP contribution >= 0.6 is 0 Å². The fourth-order valence-electron chi connectivity index (χ4n) is 3.06. The van der Waals surface area contributed by atoms with Crippen LogP contribution in [0.4, 0.5) is 11.4 Å². The summed E-state index contributed by atoms with van der Waals surface area (Å²) in [6.07, 6.45) is -1.26. The Bertz CT molecular complexity index is 935. The van der Waals surface area contributed by atoms with Gasteiger partial charge in [0.2, 0.25) is 0 Å². The molecule has 1 heterocycles. The standard InChI is InChI=1S/C18H15N3O5/c1-9-11(8-19)4-10(5-16(9)23)18-15(22)3-2-13-14(21-25)6-12(20-24)7-17(13)26-18/h4-7,15,18,22-23H,2-3H2,1H3/t15-,18+/m0/s1. The summed E-state index contributed by atoms with van der Waals surface area (Å²) in [6, 6.07) is 7.60. The first-order valence-corrected chi connectivity index (χ1v) is 7.90. The van der Waals surface area contributed by atoms with Crippen LogP contribution in [-0.4, -0.2) is 16.3 Å². The minimum atomic E-state index is -0.955. The number of nitriles is 1. The summed E-state index contributed by atoms with van der Waals surface area (Å²) in [4.78, 5) is 21.9. The van der Waals surface area contributed by atoms with Crippen molar-refractivity contribution in [3.05, 3.63) is 56.3 Å². The highest BCUT2D eigenvalue weighted by molar-refractivity contribution is 5.63. The van der Waals surface area contributed by atoms with E-state index in [1.165, 1.54) is 24.3 Å². The molecule has 132 valence electrons. The Kier molecular flexibility index (Phi) is 4.65. The average molecular weight is 353 g/mol. The molecule has 0 bridgehead atoms. The van der Waals surface area contributed by atoms with Gasteiger partial charge in [-0.2, -0.15) is 5.26 Å². The molecule has 0 aromatic heterocycles. The molecule has 0 saturated heterocycles. The zero-order valence-corrected chi connectivity index (χ0v) is 13.8. The van der Waals surface area contributed by atoms with Crippen molar-refractivity contribution in [2.45, 2.75) is 32.0 Å². The molecule has 0 amide bonds. The molecular formula is C18H15N3O5. The number of nitrogens with zero attached hydrogens (tertiary/aromatic N) is 3. The van der Waals surface area contributed by atoms with E-state index in [1.54, 1.807) is 6.92 Å². The summed E-state index contributed by atoms with van der Waals surface area (Å²) in [7, 11) is 0. The number of hydrogen-bond donors (Lipinski definition) is 2. The lowest BCUT2D eigenvalue weighted by molar-refractivity contribution is 0.0368. The van der Waals surface area contributed by atoms with Crippen LogP contribution in [0.15, 0.2) is 34.6 Å². The van der Waals surface area contributed by atoms with Crippen molar-refractivity contribution in [3.63, 3.8) is 0 Å². The lowest BCUT2D eigenvalue weighted by atomic mass is 9.96. The molecule has 1 aliphatic heterocycles. The molecule has 0 spiro atoms. The number of benzene rings is 2. The average Bonchev–Trinajstić information content (AvgIpc) is 2.82. The predicted molar refractivity (Wildman–Crippen MR) is 92.6 cm³/mol. The molecule has 8 heteroatoms. The van der Waals surface area contributed by atoms with E-state index >= 15 is 0 Å². The maximum atomic E-state index is 11.1. The normalized spacial score (nSPS) is 18.8. The highest BCUT2D eigenvalue weighted by atomic mass is 16.5. The van der Waals surface area contributed by atoms with Gasteiger partial charge in [-0.15, -0.1) is 9.81 Å². The molecule has 2 N–H and O–H groups in total. The van der Waals surface area contributed by atoms with Gasteiger partial charge in [0, 0.05) is 17.2 Å². The van der Waals surface area contributed by atoms with Gasteiger partial charge in [0.05, 0.1) is 17.7 Å². The van der Waals surface area contributed by atoms with Crippen molar-refractivity contribution >= 4 is 11.4 Å². The first kappa shape index (κ1) is 17.5. The third-order valence-electron chi connectivity index (χ3n) is 4.52. The number of aromatic hydroxyl groups is 1. The third kappa shape index (κ3) is 3.00. The maximum absolute atomic E-state index is 11.1. The molecular weight excluding hydrogens is 338 g/mol. The third-order valence-corrected chi connectivity index (χ3v) is 4.52. The van der Waals surface area contributed by atoms with Crippen LogP contribution in [0.3, 0.4) is 0 Å². The Morgan fingerprint density at radius 2 is 2.00 bits per heavy atom. The zero-order valence-electron chi connectivity index (χ0n) is 13.8. The van der Waals surface area contributed by atoms with E-state index in [0.717, 1.165) is 0 Å². The van der Waals surface area contributed by atoms with Gasteiger partial charge < -0.3 is 14.9 Å². The Hall–Kier alpha value is -3.31. The van der Waals surface area contributed by atoms with Crippen molar-refractivity contribution in [1.82, 2.24) is 0 Å². The molecule has 1 aliphatic rings. The quantitative estimate of drug-likeness (QED) is 0.807. The number of phenols is 1. The second kappa shape index (κ2) is 6.90. The van der Waals surface area contributed by atoms with E-state index in [4.69, 9.17) is 4.74 Å². The number of ether oxygens (including phenoxy) is 1. The van der Waals surface area contributed by atoms with Gasteiger partial charge in [-0.3, -0.25) is 0 Å². The largest absolute Gasteiger partial charge is 0.508 e. The summed E-state index contributed by atoms with van der Waals surface area (Å²) >= 11 is 0. The number of rotatable bonds is 3. The van der Waals surface area contributed by atoms with Crippen molar-refractivity contribution in [2.75, 3.05) is 0 Å². The monoisotopic (exact) mass is 353 g/mol. The fourth-order valence-corrected chi connectivity index (χ4v) is 3.06. The van der Waals surface area contributed by atoms with Crippen LogP contribution in [0.5, 0.6) is 11.5 Å². The van der Waals surface area contributed by atoms with E-state index in [0.29, 0.717) is 23.1 Å². The van der Waals surface area contributed by atoms with Gasteiger partial charge in [-0.05, 0) is 53.9 Å². The molecule has 2 aromatic rings. The van der Waals surface area contributed by atoms with Crippen LogP contribution in [0.1, 0.15) is 34.8 Å². The van der Waals surface area contributed by atoms with Crippen LogP contribution < -0.4 is 4.74 Å². The Labute approximate surface area is 148 Å². The number of fused-ring (bicyclic) bond motifs is 1. The molecule has 0 aliphatic carbocycles. The molecule has 3 rings (SSSR count). The summed E-state index contributed by atoms with van der Waals surface area (Å²) in [5.74, 6) is 0.134. The summed E-state index contributed by atoms with van der Waals surface area (Å²) in [5.41, 5.74) is 1.60. The van der Waals surface area contributed by atoms with Gasteiger partial charge in [-0.25, -0.2) is 0 Å². The molecule has 2 aromatic carbocycles. The Morgan fingerprint density at radius 1 is 1.23 bits per heavy atom. The maximum Gasteiger partial charge on any atom is 0.150 e. The Balaban J connectivity index is 2.11. The van der Waals surface area contributed by atoms with Crippen molar-refractivity contribution in [2.24, 2.45) is 10.4 Å². The van der Waals surface area contributed by atoms with Crippen LogP contribution in [0, 0.1) is 28.1 Å². The van der Waals surface area contributed by atoms with Gasteiger partial charge in [0.15, 0.2) is 0 Å². The van der Waals surface area contributed by atoms with Gasteiger partial charge in [-0.1, -0.05) is 0 Å². The second-order valence-corrected chi connectivity index (χ2v) is 6.09. The molecule has 0 unspecified atom stereocenters. The van der Waals surface area contributed by atoms with Gasteiger partial charge in [0.1, 0.15) is 29.0 Å². The minimum absolute atomic E-state index is 0.0158. The van der Waals surface area contributed by atoms with Gasteiger partial charge in [0.25, 0.3) is 0 Å². The molecule has 26 heavy (non-hydrogen) atoms. The lowest BCUT2D eigenvalue weighted by Gasteiger charge is -2.23. The summed E-state index contributed by atoms with van der Waals surface area (Å²) < 4.78 is 5.87. The highest BCUT2D eigenvalue weighted by Gasteiger charge is 2.30. The fraction of sp³-hybridized carbons (Fsp3) is 0.278. The van der Waals surface area contributed by atoms with Gasteiger partial charge >= 0.3 is 0 Å². The van der Waals surface area contributed by atoms with E-state index in [9.17, 15) is 25.3 Å². The van der Waals surface area contributed by atoms with Crippen LogP contribution in [0.25, 0.3) is 0 Å². The van der Waals surface area contributed by atoms with E-state index in [-0.39, 0.29) is 34.9 Å². The Morgan fingerprint density at radius 3 is 2.65 bits per heavy atom. The van der Waals surface area contributed by atoms with Crippen molar-refractivity contribution in [3.8, 4) is 17.6 Å². The van der Waals surface area contributed by atoms with E-state index in [1.807, 2.05) is 6.07 Å². The number of hydrogen-bond acceptors (Lipinski definition) is 8. The first-order chi connectivity index (χ1) is 12.5. The molecule has 0 fully saturated rings. The summed E-state index contributed by atoms with van der Waals surface area (Å²) in [5, 5.41) is 35.5. The predicted octanol–water partition coefficient (Wildman–Crippen LogP) is 3.80. The molecule has 0 saturated carbocycles. The minimum Gasteiger partial charge on any atom is -0.508 e. The van der Waals surface area contributed by atoms with Crippen LogP contribution in [0.2, 0.25) is 0 Å². The molecule has 2 atom stereocenters. The van der Waals surface area contributed by atoms with E-state index in [2.05, 4.69) is 10.4 Å². The summed E-state index contributed by atoms with van der Waals surface area (Å²) in [6.45, 7) is 1.61. The van der Waals surface area contributed by atoms with Crippen molar-refractivity contribution < 1.29 is 14.9 Å².